The van der Waals surface area contributed by atoms with E-state index in [-0.39, 0.29) is 24.2 Å². The summed E-state index contributed by atoms with van der Waals surface area (Å²) in [5, 5.41) is 6.97. The van der Waals surface area contributed by atoms with Gasteiger partial charge in [-0.1, -0.05) is 6.07 Å². The lowest BCUT2D eigenvalue weighted by Crippen LogP contribution is -2.36. The molecule has 2 heterocycles. The number of rotatable bonds is 5. The lowest BCUT2D eigenvalue weighted by Gasteiger charge is -2.23. The number of amides is 1. The van der Waals surface area contributed by atoms with Crippen LogP contribution in [0, 0.1) is 5.92 Å². The summed E-state index contributed by atoms with van der Waals surface area (Å²) >= 11 is 0. The fraction of sp³-hybridized carbons (Fsp3) is 0.471. The molecule has 2 aromatic rings. The van der Waals surface area contributed by atoms with E-state index in [2.05, 4.69) is 10.4 Å². The van der Waals surface area contributed by atoms with Crippen molar-refractivity contribution in [2.75, 3.05) is 13.2 Å². The van der Waals surface area contributed by atoms with Crippen LogP contribution in [0.1, 0.15) is 24.4 Å². The van der Waals surface area contributed by atoms with Crippen molar-refractivity contribution in [1.82, 2.24) is 19.7 Å². The highest BCUT2D eigenvalue weighted by Gasteiger charge is 2.34. The Morgan fingerprint density at radius 2 is 2.08 bits per heavy atom. The SMILES string of the molecule is Cn1cnn(CC(=O)N[C@H](c2ccc3c(c2)OCCO3)C2CC2)c1=O. The summed E-state index contributed by atoms with van der Waals surface area (Å²) in [4.78, 5) is 24.2. The fourth-order valence-electron chi connectivity index (χ4n) is 3.04. The maximum Gasteiger partial charge on any atom is 0.345 e. The number of hydrogen-bond donors (Lipinski definition) is 1. The zero-order valence-electron chi connectivity index (χ0n) is 14.0. The zero-order chi connectivity index (χ0) is 17.4. The first kappa shape index (κ1) is 15.7. The standard InChI is InChI=1S/C17H20N4O4/c1-20-10-18-21(17(20)23)9-15(22)19-16(11-2-3-11)12-4-5-13-14(8-12)25-7-6-24-13/h4-5,8,10-11,16H,2-3,6-7,9H2,1H3,(H,19,22)/t16-/m0/s1. The minimum absolute atomic E-state index is 0.0898. The number of benzene rings is 1. The number of aromatic nitrogens is 3. The highest BCUT2D eigenvalue weighted by atomic mass is 16.6. The van der Waals surface area contributed by atoms with E-state index in [4.69, 9.17) is 9.47 Å². The van der Waals surface area contributed by atoms with Gasteiger partial charge in [0.2, 0.25) is 5.91 Å². The number of hydrogen-bond acceptors (Lipinski definition) is 5. The summed E-state index contributed by atoms with van der Waals surface area (Å²) < 4.78 is 13.7. The quantitative estimate of drug-likeness (QED) is 0.859. The molecule has 0 radical (unpaired) electrons. The second kappa shape index (κ2) is 6.27. The van der Waals surface area contributed by atoms with E-state index in [1.807, 2.05) is 18.2 Å². The normalized spacial score (nSPS) is 17.2. The van der Waals surface area contributed by atoms with E-state index in [1.54, 1.807) is 7.05 Å². The average molecular weight is 344 g/mol. The lowest BCUT2D eigenvalue weighted by atomic mass is 10.0. The Kier molecular flexibility index (Phi) is 3.95. The molecule has 1 aliphatic heterocycles. The molecular weight excluding hydrogens is 324 g/mol. The van der Waals surface area contributed by atoms with Gasteiger partial charge in [-0.25, -0.2) is 9.48 Å². The van der Waals surface area contributed by atoms with Gasteiger partial charge in [0.1, 0.15) is 26.1 Å². The zero-order valence-corrected chi connectivity index (χ0v) is 14.0. The lowest BCUT2D eigenvalue weighted by molar-refractivity contribution is -0.122. The molecule has 4 rings (SSSR count). The topological polar surface area (TPSA) is 87.4 Å². The molecular formula is C17H20N4O4. The van der Waals surface area contributed by atoms with Crippen LogP contribution in [0.2, 0.25) is 0 Å². The molecule has 0 saturated heterocycles. The predicted octanol–water partition coefficient (Wildman–Crippen LogP) is 0.620. The maximum atomic E-state index is 12.4. The summed E-state index contributed by atoms with van der Waals surface area (Å²) in [6.07, 6.45) is 3.54. The molecule has 1 fully saturated rings. The van der Waals surface area contributed by atoms with Crippen molar-refractivity contribution in [2.24, 2.45) is 13.0 Å². The third-order valence-electron chi connectivity index (χ3n) is 4.52. The molecule has 1 atom stereocenters. The Bertz CT molecular complexity index is 853. The van der Waals surface area contributed by atoms with Crippen LogP contribution in [0.4, 0.5) is 0 Å². The number of carbonyl (C=O) groups excluding carboxylic acids is 1. The Morgan fingerprint density at radius 3 is 2.76 bits per heavy atom. The van der Waals surface area contributed by atoms with Gasteiger partial charge in [0, 0.05) is 7.05 Å². The van der Waals surface area contributed by atoms with Crippen molar-refractivity contribution in [3.63, 3.8) is 0 Å². The summed E-state index contributed by atoms with van der Waals surface area (Å²) in [5.74, 6) is 1.63. The fourth-order valence-corrected chi connectivity index (χ4v) is 3.04. The van der Waals surface area contributed by atoms with Crippen molar-refractivity contribution in [2.45, 2.75) is 25.4 Å². The largest absolute Gasteiger partial charge is 0.486 e. The molecule has 8 nitrogen and oxygen atoms in total. The third kappa shape index (κ3) is 3.24. The Labute approximate surface area is 144 Å². The molecule has 1 amide bonds. The van der Waals surface area contributed by atoms with Gasteiger partial charge in [0.15, 0.2) is 11.5 Å². The van der Waals surface area contributed by atoms with E-state index in [0.717, 1.165) is 28.8 Å². The second-order valence-electron chi connectivity index (χ2n) is 6.47. The van der Waals surface area contributed by atoms with Crippen molar-refractivity contribution in [3.05, 3.63) is 40.6 Å². The number of ether oxygens (including phenoxy) is 2. The van der Waals surface area contributed by atoms with E-state index in [9.17, 15) is 9.59 Å². The maximum absolute atomic E-state index is 12.4. The number of nitrogens with zero attached hydrogens (tertiary/aromatic N) is 3. The van der Waals surface area contributed by atoms with Crippen LogP contribution in [-0.2, 0) is 18.4 Å². The molecule has 8 heteroatoms. The van der Waals surface area contributed by atoms with Crippen molar-refractivity contribution in [3.8, 4) is 11.5 Å². The van der Waals surface area contributed by atoms with Crippen molar-refractivity contribution in [1.29, 1.82) is 0 Å². The van der Waals surface area contributed by atoms with Crippen LogP contribution in [0.5, 0.6) is 11.5 Å². The van der Waals surface area contributed by atoms with Crippen LogP contribution in [0.25, 0.3) is 0 Å². The summed E-state index contributed by atoms with van der Waals surface area (Å²) in [5.41, 5.74) is 0.686. The van der Waals surface area contributed by atoms with E-state index < -0.39 is 0 Å². The summed E-state index contributed by atoms with van der Waals surface area (Å²) in [6, 6.07) is 5.69. The van der Waals surface area contributed by atoms with Gasteiger partial charge in [-0.3, -0.25) is 9.36 Å². The average Bonchev–Trinajstić information content (AvgIpc) is 3.42. The molecule has 1 aliphatic carbocycles. The first-order valence-corrected chi connectivity index (χ1v) is 8.39. The summed E-state index contributed by atoms with van der Waals surface area (Å²) in [7, 11) is 1.60. The van der Waals surface area contributed by atoms with Crippen LogP contribution < -0.4 is 20.5 Å². The summed E-state index contributed by atoms with van der Waals surface area (Å²) in [6.45, 7) is 0.987. The van der Waals surface area contributed by atoms with Gasteiger partial charge in [-0.05, 0) is 36.5 Å². The molecule has 0 unspecified atom stereocenters. The van der Waals surface area contributed by atoms with Crippen molar-refractivity contribution >= 4 is 5.91 Å². The van der Waals surface area contributed by atoms with Crippen LogP contribution in [0.3, 0.4) is 0 Å². The van der Waals surface area contributed by atoms with Gasteiger partial charge in [-0.2, -0.15) is 5.10 Å². The molecule has 2 aliphatic rings. The van der Waals surface area contributed by atoms with E-state index in [1.165, 1.54) is 10.9 Å². The number of aryl methyl sites for hydroxylation is 1. The first-order chi connectivity index (χ1) is 12.1. The van der Waals surface area contributed by atoms with Crippen LogP contribution in [-0.4, -0.2) is 33.5 Å². The second-order valence-corrected chi connectivity index (χ2v) is 6.47. The van der Waals surface area contributed by atoms with Crippen LogP contribution in [0.15, 0.2) is 29.3 Å². The van der Waals surface area contributed by atoms with Gasteiger partial charge < -0.3 is 14.8 Å². The molecule has 1 aromatic carbocycles. The highest BCUT2D eigenvalue weighted by Crippen LogP contribution is 2.43. The minimum Gasteiger partial charge on any atom is -0.486 e. The van der Waals surface area contributed by atoms with Gasteiger partial charge in [0.05, 0.1) is 6.04 Å². The molecule has 1 aromatic heterocycles. The number of carbonyl (C=O) groups is 1. The van der Waals surface area contributed by atoms with Crippen LogP contribution >= 0.6 is 0 Å². The smallest absolute Gasteiger partial charge is 0.345 e. The molecule has 25 heavy (non-hydrogen) atoms. The number of nitrogens with one attached hydrogen (secondary N) is 1. The Hall–Kier alpha value is -2.77. The Morgan fingerprint density at radius 1 is 1.32 bits per heavy atom. The predicted molar refractivity (Wildman–Crippen MR) is 88.5 cm³/mol. The highest BCUT2D eigenvalue weighted by molar-refractivity contribution is 5.76. The van der Waals surface area contributed by atoms with E-state index in [0.29, 0.717) is 24.9 Å². The molecule has 1 N–H and O–H groups in total. The monoisotopic (exact) mass is 344 g/mol. The Balaban J connectivity index is 1.51. The molecule has 0 spiro atoms. The van der Waals surface area contributed by atoms with Gasteiger partial charge in [0.25, 0.3) is 0 Å². The molecule has 1 saturated carbocycles. The van der Waals surface area contributed by atoms with Crippen molar-refractivity contribution < 1.29 is 14.3 Å². The van der Waals surface area contributed by atoms with Gasteiger partial charge in [-0.15, -0.1) is 0 Å². The molecule has 0 bridgehead atoms. The first-order valence-electron chi connectivity index (χ1n) is 8.39. The minimum atomic E-state index is -0.308. The third-order valence-corrected chi connectivity index (χ3v) is 4.52. The van der Waals surface area contributed by atoms with Gasteiger partial charge >= 0.3 is 5.69 Å². The molecule has 132 valence electrons. The van der Waals surface area contributed by atoms with E-state index >= 15 is 0 Å². The number of fused-ring (bicyclic) bond motifs is 1.